The number of urea groups is 1. The minimum Gasteiger partial charge on any atom is -0.444 e. The van der Waals surface area contributed by atoms with Crippen molar-refractivity contribution in [2.45, 2.75) is 50.2 Å². The summed E-state index contributed by atoms with van der Waals surface area (Å²) in [5.74, 6) is -0.0973. The molecule has 232 valence electrons. The van der Waals surface area contributed by atoms with Crippen LogP contribution >= 0.6 is 0 Å². The van der Waals surface area contributed by atoms with Crippen molar-refractivity contribution in [3.63, 3.8) is 0 Å². The molecule has 14 nitrogen and oxygen atoms in total. The van der Waals surface area contributed by atoms with Gasteiger partial charge in [0.1, 0.15) is 11.4 Å². The number of aromatic nitrogens is 2. The molecule has 2 aromatic rings. The van der Waals surface area contributed by atoms with Crippen LogP contribution in [0.5, 0.6) is 0 Å². The Kier molecular flexibility index (Phi) is 7.88. The van der Waals surface area contributed by atoms with Crippen LogP contribution in [0.4, 0.5) is 26.9 Å². The van der Waals surface area contributed by atoms with Crippen LogP contribution in [0.25, 0.3) is 0 Å². The molecule has 1 aromatic heterocycles. The molecule has 0 aliphatic carbocycles. The number of carbonyl (C=O) groups excluding carboxylic acids is 3. The number of nitrogens with zero attached hydrogens (tertiary/aromatic N) is 5. The number of nitrogens with one attached hydrogen (secondary N) is 2. The van der Waals surface area contributed by atoms with Crippen LogP contribution in [-0.2, 0) is 14.6 Å². The molecular formula is C28H38N8O6S. The number of carbonyl (C=O) groups is 3. The van der Waals surface area contributed by atoms with Gasteiger partial charge in [-0.25, -0.2) is 28.0 Å². The monoisotopic (exact) mass is 614 g/mol. The first-order valence-corrected chi connectivity index (χ1v) is 16.0. The fraction of sp³-hybridized carbons (Fsp3) is 0.536. The Hall–Kier alpha value is -4.14. The lowest BCUT2D eigenvalue weighted by molar-refractivity contribution is -0.0953. The summed E-state index contributed by atoms with van der Waals surface area (Å²) >= 11 is 0. The van der Waals surface area contributed by atoms with E-state index in [4.69, 9.17) is 10.5 Å². The molecule has 4 amide bonds. The second kappa shape index (κ2) is 11.2. The van der Waals surface area contributed by atoms with Gasteiger partial charge in [-0.2, -0.15) is 0 Å². The summed E-state index contributed by atoms with van der Waals surface area (Å²) in [5.41, 5.74) is 5.39. The van der Waals surface area contributed by atoms with Crippen molar-refractivity contribution in [2.24, 2.45) is 11.1 Å². The van der Waals surface area contributed by atoms with E-state index in [0.29, 0.717) is 50.8 Å². The van der Waals surface area contributed by atoms with E-state index in [1.165, 1.54) is 18.3 Å². The Morgan fingerprint density at radius 2 is 1.72 bits per heavy atom. The van der Waals surface area contributed by atoms with E-state index >= 15 is 0 Å². The Bertz CT molecular complexity index is 1510. The van der Waals surface area contributed by atoms with E-state index in [1.807, 2.05) is 25.7 Å². The topological polar surface area (TPSA) is 180 Å². The third-order valence-corrected chi connectivity index (χ3v) is 8.78. The van der Waals surface area contributed by atoms with Crippen LogP contribution in [0.3, 0.4) is 0 Å². The second-order valence-electron chi connectivity index (χ2n) is 12.6. The molecule has 1 atom stereocenters. The first-order valence-electron chi connectivity index (χ1n) is 14.1. The predicted molar refractivity (Wildman–Crippen MR) is 159 cm³/mol. The molecule has 3 aliphatic rings. The van der Waals surface area contributed by atoms with E-state index in [2.05, 4.69) is 20.6 Å². The van der Waals surface area contributed by atoms with Gasteiger partial charge in [0, 0.05) is 62.7 Å². The van der Waals surface area contributed by atoms with E-state index in [-0.39, 0.29) is 40.0 Å². The lowest BCUT2D eigenvalue weighted by Gasteiger charge is -2.59. The molecule has 0 bridgehead atoms. The number of sulfone groups is 1. The van der Waals surface area contributed by atoms with Crippen molar-refractivity contribution in [1.82, 2.24) is 25.1 Å². The van der Waals surface area contributed by atoms with E-state index in [0.717, 1.165) is 19.1 Å². The van der Waals surface area contributed by atoms with Gasteiger partial charge in [-0.05, 0) is 57.9 Å². The third kappa shape index (κ3) is 6.92. The fourth-order valence-electron chi connectivity index (χ4n) is 5.62. The molecule has 5 rings (SSSR count). The van der Waals surface area contributed by atoms with Gasteiger partial charge >= 0.3 is 12.1 Å². The molecule has 4 heterocycles. The van der Waals surface area contributed by atoms with Gasteiger partial charge in [-0.1, -0.05) is 0 Å². The summed E-state index contributed by atoms with van der Waals surface area (Å²) < 4.78 is 29.0. The molecule has 1 spiro atoms. The van der Waals surface area contributed by atoms with Crippen LogP contribution in [0.2, 0.25) is 0 Å². The fourth-order valence-corrected chi connectivity index (χ4v) is 6.25. The first-order chi connectivity index (χ1) is 20.1. The Balaban J connectivity index is 1.17. The van der Waals surface area contributed by atoms with Crippen molar-refractivity contribution in [3.05, 3.63) is 36.2 Å². The van der Waals surface area contributed by atoms with E-state index in [9.17, 15) is 22.8 Å². The number of primary amides is 1. The van der Waals surface area contributed by atoms with Crippen molar-refractivity contribution >= 4 is 45.2 Å². The van der Waals surface area contributed by atoms with Crippen LogP contribution in [0.15, 0.2) is 35.4 Å². The smallest absolute Gasteiger partial charge is 0.410 e. The maximum absolute atomic E-state index is 13.0. The quantitative estimate of drug-likeness (QED) is 0.435. The number of piperidine rings is 1. The lowest BCUT2D eigenvalue weighted by Crippen LogP contribution is -2.75. The summed E-state index contributed by atoms with van der Waals surface area (Å²) in [7, 11) is -3.36. The zero-order chi connectivity index (χ0) is 31.2. The number of hydrogen-bond donors (Lipinski definition) is 3. The number of hydrogen-bond acceptors (Lipinski definition) is 10. The van der Waals surface area contributed by atoms with Crippen LogP contribution in [0, 0.1) is 5.41 Å². The van der Waals surface area contributed by atoms with Crippen LogP contribution in [-0.4, -0.2) is 103 Å². The number of anilines is 3. The molecule has 1 aromatic carbocycles. The standard InChI is InChI=1S/C28H38N8O6S/c1-27(2,3)42-26(39)36-16-28(17-36)14-35(15-28)25(38)32-19-6-5-11-34(13-19)21-12-30-22(23(29)37)24(33-21)31-18-7-9-20(10-8-18)43(4,40)41/h7-10,12,19H,5-6,11,13-17H2,1-4H3,(H2,29,37)(H,31,33)(H,32,38). The molecule has 1 unspecified atom stereocenters. The highest BCUT2D eigenvalue weighted by Gasteiger charge is 2.55. The number of ether oxygens (including phenoxy) is 1. The minimum atomic E-state index is -3.36. The van der Waals surface area contributed by atoms with Gasteiger partial charge in [0.2, 0.25) is 0 Å². The van der Waals surface area contributed by atoms with Crippen molar-refractivity contribution in [3.8, 4) is 0 Å². The van der Waals surface area contributed by atoms with Gasteiger partial charge in [0.25, 0.3) is 5.91 Å². The Morgan fingerprint density at radius 1 is 1.07 bits per heavy atom. The second-order valence-corrected chi connectivity index (χ2v) is 14.7. The molecule has 43 heavy (non-hydrogen) atoms. The summed E-state index contributed by atoms with van der Waals surface area (Å²) in [6.45, 7) is 9.06. The van der Waals surface area contributed by atoms with Gasteiger partial charge in [-0.3, -0.25) is 4.79 Å². The third-order valence-electron chi connectivity index (χ3n) is 7.66. The normalized spacial score (nSPS) is 19.7. The molecule has 0 saturated carbocycles. The van der Waals surface area contributed by atoms with Gasteiger partial charge in [-0.15, -0.1) is 0 Å². The van der Waals surface area contributed by atoms with Crippen LogP contribution < -0.4 is 21.3 Å². The molecule has 3 fully saturated rings. The number of benzene rings is 1. The van der Waals surface area contributed by atoms with Crippen molar-refractivity contribution < 1.29 is 27.5 Å². The highest BCUT2D eigenvalue weighted by Crippen LogP contribution is 2.40. The Morgan fingerprint density at radius 3 is 2.33 bits per heavy atom. The van der Waals surface area contributed by atoms with Crippen LogP contribution in [0.1, 0.15) is 44.1 Å². The summed E-state index contributed by atoms with van der Waals surface area (Å²) in [6, 6.07) is 5.80. The van der Waals surface area contributed by atoms with Gasteiger partial charge in [0.05, 0.1) is 11.1 Å². The average molecular weight is 615 g/mol. The predicted octanol–water partition coefficient (Wildman–Crippen LogP) is 1.95. The van der Waals surface area contributed by atoms with Crippen molar-refractivity contribution in [1.29, 1.82) is 0 Å². The average Bonchev–Trinajstić information content (AvgIpc) is 2.86. The summed E-state index contributed by atoms with van der Waals surface area (Å²) in [5, 5.41) is 6.15. The minimum absolute atomic E-state index is 0.0502. The highest BCUT2D eigenvalue weighted by atomic mass is 32.2. The zero-order valence-corrected chi connectivity index (χ0v) is 25.6. The molecule has 0 radical (unpaired) electrons. The Labute approximate surface area is 250 Å². The lowest BCUT2D eigenvalue weighted by atomic mass is 9.73. The maximum atomic E-state index is 13.0. The number of likely N-dealkylation sites (tertiary alicyclic amines) is 2. The highest BCUT2D eigenvalue weighted by molar-refractivity contribution is 7.90. The number of amides is 4. The molecule has 3 aliphatic heterocycles. The van der Waals surface area contributed by atoms with Gasteiger partial charge < -0.3 is 35.8 Å². The SMILES string of the molecule is CC(C)(C)OC(=O)N1CC2(CN(C(=O)NC3CCCN(c4cnc(C(N)=O)c(Nc5ccc(S(C)(=O)=O)cc5)n4)C3)C2)C1. The number of rotatable bonds is 6. The molecular weight excluding hydrogens is 576 g/mol. The molecule has 3 saturated heterocycles. The van der Waals surface area contributed by atoms with Gasteiger partial charge in [0.15, 0.2) is 21.3 Å². The summed E-state index contributed by atoms with van der Waals surface area (Å²) in [4.78, 5) is 51.7. The largest absolute Gasteiger partial charge is 0.444 e. The van der Waals surface area contributed by atoms with E-state index in [1.54, 1.807) is 21.9 Å². The zero-order valence-electron chi connectivity index (χ0n) is 24.8. The molecule has 15 heteroatoms. The van der Waals surface area contributed by atoms with Crippen molar-refractivity contribution in [2.75, 3.05) is 55.7 Å². The first kappa shape index (κ1) is 30.3. The molecule has 4 N–H and O–H groups in total. The van der Waals surface area contributed by atoms with E-state index < -0.39 is 21.3 Å². The summed E-state index contributed by atoms with van der Waals surface area (Å²) in [6.07, 6.45) is 3.90. The maximum Gasteiger partial charge on any atom is 0.410 e. The number of nitrogens with two attached hydrogens (primary N) is 1.